The number of thiophene rings is 1. The molecule has 0 aliphatic carbocycles. The van der Waals surface area contributed by atoms with Crippen LogP contribution in [0.3, 0.4) is 0 Å². The molecule has 0 saturated heterocycles. The minimum atomic E-state index is -0.0696. The van der Waals surface area contributed by atoms with Gasteiger partial charge in [-0.15, -0.1) is 11.3 Å². The largest absolute Gasteiger partial charge is 0.302 e. The highest BCUT2D eigenvalue weighted by atomic mass is 79.9. The first-order valence-corrected chi connectivity index (χ1v) is 8.90. The molecule has 3 rings (SSSR count). The molecule has 0 spiro atoms. The average Bonchev–Trinajstić information content (AvgIpc) is 3.00. The molecule has 3 nitrogen and oxygen atoms in total. The lowest BCUT2D eigenvalue weighted by Gasteiger charge is -2.22. The molecule has 0 aliphatic rings. The summed E-state index contributed by atoms with van der Waals surface area (Å²) >= 11 is 10.8. The van der Waals surface area contributed by atoms with Crippen molar-refractivity contribution in [1.29, 1.82) is 0 Å². The van der Waals surface area contributed by atoms with Crippen LogP contribution < -0.4 is 4.90 Å². The standard InChI is InChI=1S/C17H12BrClN2OS/c18-15-8-10-23-16(15)17(22)21(11-13-3-1-2-9-20-13)14-6-4-12(19)5-7-14/h1-10H,11H2. The van der Waals surface area contributed by atoms with Gasteiger partial charge in [-0.2, -0.15) is 0 Å². The number of amides is 1. The first kappa shape index (κ1) is 16.2. The maximum Gasteiger partial charge on any atom is 0.269 e. The van der Waals surface area contributed by atoms with Crippen LogP contribution >= 0.6 is 38.9 Å². The minimum absolute atomic E-state index is 0.0696. The lowest BCUT2D eigenvalue weighted by molar-refractivity contribution is 0.0988. The molecule has 0 bridgehead atoms. The molecule has 2 heterocycles. The van der Waals surface area contributed by atoms with Crippen LogP contribution in [0.5, 0.6) is 0 Å². The van der Waals surface area contributed by atoms with Crippen LogP contribution in [0, 0.1) is 0 Å². The Morgan fingerprint density at radius 2 is 1.96 bits per heavy atom. The number of aromatic nitrogens is 1. The third-order valence-electron chi connectivity index (χ3n) is 3.24. The third kappa shape index (κ3) is 3.80. The van der Waals surface area contributed by atoms with Crippen molar-refractivity contribution >= 4 is 50.5 Å². The first-order valence-electron chi connectivity index (χ1n) is 6.85. The predicted octanol–water partition coefficient (Wildman–Crippen LogP) is 5.41. The van der Waals surface area contributed by atoms with Crippen LogP contribution in [0.25, 0.3) is 0 Å². The fraction of sp³-hybridized carbons (Fsp3) is 0.0588. The predicted molar refractivity (Wildman–Crippen MR) is 98.2 cm³/mol. The van der Waals surface area contributed by atoms with Crippen molar-refractivity contribution in [3.8, 4) is 0 Å². The molecule has 3 aromatic rings. The summed E-state index contributed by atoms with van der Waals surface area (Å²) in [6.07, 6.45) is 1.72. The van der Waals surface area contributed by atoms with Crippen LogP contribution in [-0.2, 0) is 6.54 Å². The van der Waals surface area contributed by atoms with E-state index in [-0.39, 0.29) is 5.91 Å². The van der Waals surface area contributed by atoms with Crippen LogP contribution in [0.1, 0.15) is 15.4 Å². The van der Waals surface area contributed by atoms with Gasteiger partial charge < -0.3 is 4.90 Å². The number of hydrogen-bond acceptors (Lipinski definition) is 3. The maximum atomic E-state index is 13.0. The van der Waals surface area contributed by atoms with Crippen molar-refractivity contribution < 1.29 is 4.79 Å². The highest BCUT2D eigenvalue weighted by Crippen LogP contribution is 2.28. The van der Waals surface area contributed by atoms with Crippen LogP contribution in [0.2, 0.25) is 5.02 Å². The average molecular weight is 408 g/mol. The zero-order valence-electron chi connectivity index (χ0n) is 11.9. The molecule has 0 saturated carbocycles. The Morgan fingerprint density at radius 1 is 1.17 bits per heavy atom. The van der Waals surface area contributed by atoms with Gasteiger partial charge in [0, 0.05) is 21.4 Å². The molecule has 0 atom stereocenters. The summed E-state index contributed by atoms with van der Waals surface area (Å²) in [5.74, 6) is -0.0696. The van der Waals surface area contributed by atoms with Crippen molar-refractivity contribution in [1.82, 2.24) is 4.98 Å². The zero-order chi connectivity index (χ0) is 16.2. The van der Waals surface area contributed by atoms with E-state index in [1.807, 2.05) is 41.8 Å². The van der Waals surface area contributed by atoms with E-state index < -0.39 is 0 Å². The van der Waals surface area contributed by atoms with Gasteiger partial charge in [-0.3, -0.25) is 9.78 Å². The van der Waals surface area contributed by atoms with Gasteiger partial charge in [0.15, 0.2) is 0 Å². The van der Waals surface area contributed by atoms with Crippen molar-refractivity contribution in [3.05, 3.63) is 80.2 Å². The molecule has 2 aromatic heterocycles. The Labute approximate surface area is 151 Å². The Kier molecular flexibility index (Phi) is 5.10. The monoisotopic (exact) mass is 406 g/mol. The molecule has 116 valence electrons. The van der Waals surface area contributed by atoms with E-state index in [4.69, 9.17) is 11.6 Å². The Bertz CT molecular complexity index is 805. The normalized spacial score (nSPS) is 10.5. The number of halogens is 2. The number of rotatable bonds is 4. The number of anilines is 1. The van der Waals surface area contributed by atoms with Crippen molar-refractivity contribution in [3.63, 3.8) is 0 Å². The molecule has 1 amide bonds. The van der Waals surface area contributed by atoms with Gasteiger partial charge in [-0.05, 0) is 63.8 Å². The number of hydrogen-bond donors (Lipinski definition) is 0. The quantitative estimate of drug-likeness (QED) is 0.579. The SMILES string of the molecule is O=C(c1sccc1Br)N(Cc1ccccn1)c1ccc(Cl)cc1. The van der Waals surface area contributed by atoms with E-state index in [1.54, 1.807) is 23.2 Å². The molecule has 0 N–H and O–H groups in total. The molecular weight excluding hydrogens is 396 g/mol. The number of carbonyl (C=O) groups is 1. The number of carbonyl (C=O) groups excluding carboxylic acids is 1. The number of pyridine rings is 1. The summed E-state index contributed by atoms with van der Waals surface area (Å²) in [6.45, 7) is 0.394. The topological polar surface area (TPSA) is 33.2 Å². The van der Waals surface area contributed by atoms with Crippen LogP contribution in [0.4, 0.5) is 5.69 Å². The molecule has 0 aliphatic heterocycles. The summed E-state index contributed by atoms with van der Waals surface area (Å²) in [4.78, 5) is 19.6. The molecule has 1 aromatic carbocycles. The second kappa shape index (κ2) is 7.25. The van der Waals surface area contributed by atoms with Crippen molar-refractivity contribution in [2.45, 2.75) is 6.54 Å². The summed E-state index contributed by atoms with van der Waals surface area (Å²) in [7, 11) is 0. The van der Waals surface area contributed by atoms with E-state index in [0.29, 0.717) is 16.4 Å². The highest BCUT2D eigenvalue weighted by molar-refractivity contribution is 9.10. The number of nitrogens with zero attached hydrogens (tertiary/aromatic N) is 2. The van der Waals surface area contributed by atoms with E-state index >= 15 is 0 Å². The lowest BCUT2D eigenvalue weighted by atomic mass is 10.2. The van der Waals surface area contributed by atoms with E-state index in [1.165, 1.54) is 11.3 Å². The minimum Gasteiger partial charge on any atom is -0.302 e. The lowest BCUT2D eigenvalue weighted by Crippen LogP contribution is -2.30. The molecule has 0 radical (unpaired) electrons. The summed E-state index contributed by atoms with van der Waals surface area (Å²) < 4.78 is 0.799. The summed E-state index contributed by atoms with van der Waals surface area (Å²) in [6, 6.07) is 14.8. The van der Waals surface area contributed by atoms with Gasteiger partial charge >= 0.3 is 0 Å². The third-order valence-corrected chi connectivity index (χ3v) is 5.32. The number of benzene rings is 1. The van der Waals surface area contributed by atoms with Gasteiger partial charge in [0.2, 0.25) is 0 Å². The molecule has 0 fully saturated rings. The van der Waals surface area contributed by atoms with Gasteiger partial charge in [0.25, 0.3) is 5.91 Å². The van der Waals surface area contributed by atoms with E-state index in [0.717, 1.165) is 15.9 Å². The molecular formula is C17H12BrClN2OS. The van der Waals surface area contributed by atoms with Crippen molar-refractivity contribution in [2.75, 3.05) is 4.90 Å². The van der Waals surface area contributed by atoms with E-state index in [9.17, 15) is 4.79 Å². The zero-order valence-corrected chi connectivity index (χ0v) is 15.1. The Hall–Kier alpha value is -1.69. The molecule has 23 heavy (non-hydrogen) atoms. The van der Waals surface area contributed by atoms with Gasteiger partial charge in [0.1, 0.15) is 4.88 Å². The highest BCUT2D eigenvalue weighted by Gasteiger charge is 2.21. The second-order valence-electron chi connectivity index (χ2n) is 4.79. The second-order valence-corrected chi connectivity index (χ2v) is 6.99. The van der Waals surface area contributed by atoms with Gasteiger partial charge in [-0.25, -0.2) is 0 Å². The summed E-state index contributed by atoms with van der Waals surface area (Å²) in [5.41, 5.74) is 1.61. The van der Waals surface area contributed by atoms with Crippen LogP contribution in [0.15, 0.2) is 64.6 Å². The molecule has 6 heteroatoms. The Morgan fingerprint density at radius 3 is 2.57 bits per heavy atom. The smallest absolute Gasteiger partial charge is 0.269 e. The molecule has 0 unspecified atom stereocenters. The maximum absolute atomic E-state index is 13.0. The van der Waals surface area contributed by atoms with Gasteiger partial charge in [-0.1, -0.05) is 17.7 Å². The Balaban J connectivity index is 1.97. The summed E-state index contributed by atoms with van der Waals surface area (Å²) in [5, 5.41) is 2.52. The van der Waals surface area contributed by atoms with Gasteiger partial charge in [0.05, 0.1) is 12.2 Å². The first-order chi connectivity index (χ1) is 11.1. The van der Waals surface area contributed by atoms with E-state index in [2.05, 4.69) is 20.9 Å². The van der Waals surface area contributed by atoms with Crippen LogP contribution in [-0.4, -0.2) is 10.9 Å². The fourth-order valence-corrected chi connectivity index (χ4v) is 3.74. The van der Waals surface area contributed by atoms with Crippen molar-refractivity contribution in [2.24, 2.45) is 0 Å². The fourth-order valence-electron chi connectivity index (χ4n) is 2.12.